The molecule has 2 aromatic rings. The molecule has 0 saturated heterocycles. The average molecular weight is 371 g/mol. The van der Waals surface area contributed by atoms with Gasteiger partial charge in [-0.15, -0.1) is 24.8 Å². The molecule has 1 aromatic carbocycles. The fraction of sp³-hybridized carbons (Fsp3) is 0.412. The third-order valence-electron chi connectivity index (χ3n) is 4.48. The Hall–Kier alpha value is -1.56. The number of amides is 1. The molecular formula is C17H24Cl2N4O. The Morgan fingerprint density at radius 3 is 2.88 bits per heavy atom. The maximum atomic E-state index is 12.3. The van der Waals surface area contributed by atoms with Crippen molar-refractivity contribution in [1.82, 2.24) is 14.9 Å². The first-order valence-electron chi connectivity index (χ1n) is 7.83. The molecule has 0 aliphatic heterocycles. The van der Waals surface area contributed by atoms with Crippen LogP contribution in [-0.4, -0.2) is 22.0 Å². The standard InChI is InChI=1S/C17H22N4O.2ClH/c18-10-14-4-2-6-16(14)17(22)20-11-13-3-1-5-15(9-13)21-8-7-19-12-21;;/h1,3,5,7-9,12,14,16H,2,4,6,10-11,18H2,(H,20,22);2*1H/t14-,16-;;/m1../s1. The van der Waals surface area contributed by atoms with E-state index in [1.165, 1.54) is 0 Å². The van der Waals surface area contributed by atoms with Crippen molar-refractivity contribution in [3.05, 3.63) is 48.5 Å². The lowest BCUT2D eigenvalue weighted by atomic mass is 9.95. The monoisotopic (exact) mass is 370 g/mol. The molecule has 0 unspecified atom stereocenters. The smallest absolute Gasteiger partial charge is 0.223 e. The maximum absolute atomic E-state index is 12.3. The molecule has 1 aliphatic carbocycles. The molecule has 3 N–H and O–H groups in total. The lowest BCUT2D eigenvalue weighted by Crippen LogP contribution is -2.34. The van der Waals surface area contributed by atoms with Gasteiger partial charge in [0.1, 0.15) is 0 Å². The number of carbonyl (C=O) groups is 1. The van der Waals surface area contributed by atoms with Crippen LogP contribution < -0.4 is 11.1 Å². The first-order chi connectivity index (χ1) is 10.8. The van der Waals surface area contributed by atoms with E-state index in [0.29, 0.717) is 19.0 Å². The van der Waals surface area contributed by atoms with Crippen LogP contribution in [0.1, 0.15) is 24.8 Å². The molecule has 7 heteroatoms. The van der Waals surface area contributed by atoms with Crippen LogP contribution in [0.5, 0.6) is 0 Å². The van der Waals surface area contributed by atoms with E-state index in [4.69, 9.17) is 5.73 Å². The first kappa shape index (κ1) is 20.5. The topological polar surface area (TPSA) is 72.9 Å². The Balaban J connectivity index is 0.00000144. The van der Waals surface area contributed by atoms with Crippen LogP contribution in [0.4, 0.5) is 0 Å². The third kappa shape index (κ3) is 4.72. The van der Waals surface area contributed by atoms with Crippen molar-refractivity contribution in [3.63, 3.8) is 0 Å². The highest BCUT2D eigenvalue weighted by atomic mass is 35.5. The Kier molecular flexibility index (Phi) is 8.25. The molecular weight excluding hydrogens is 347 g/mol. The van der Waals surface area contributed by atoms with Crippen molar-refractivity contribution in [2.75, 3.05) is 6.54 Å². The summed E-state index contributed by atoms with van der Waals surface area (Å²) < 4.78 is 1.95. The van der Waals surface area contributed by atoms with E-state index >= 15 is 0 Å². The SMILES string of the molecule is Cl.Cl.NC[C@H]1CCC[C@H]1C(=O)NCc1cccc(-n2ccnc2)c1. The van der Waals surface area contributed by atoms with Crippen LogP contribution in [0.3, 0.4) is 0 Å². The molecule has 1 amide bonds. The highest BCUT2D eigenvalue weighted by molar-refractivity contribution is 5.85. The lowest BCUT2D eigenvalue weighted by Gasteiger charge is -2.17. The summed E-state index contributed by atoms with van der Waals surface area (Å²) in [6.07, 6.45) is 8.56. The van der Waals surface area contributed by atoms with Gasteiger partial charge in [-0.3, -0.25) is 4.79 Å². The maximum Gasteiger partial charge on any atom is 0.223 e. The predicted molar refractivity (Wildman–Crippen MR) is 99.8 cm³/mol. The Morgan fingerprint density at radius 1 is 1.33 bits per heavy atom. The van der Waals surface area contributed by atoms with Crippen LogP contribution in [0.25, 0.3) is 5.69 Å². The zero-order chi connectivity index (χ0) is 15.4. The largest absolute Gasteiger partial charge is 0.352 e. The van der Waals surface area contributed by atoms with Crippen molar-refractivity contribution >= 4 is 30.7 Å². The molecule has 132 valence electrons. The van der Waals surface area contributed by atoms with Gasteiger partial charge in [0.05, 0.1) is 6.33 Å². The highest BCUT2D eigenvalue weighted by Crippen LogP contribution is 2.31. The van der Waals surface area contributed by atoms with Crippen molar-refractivity contribution in [1.29, 1.82) is 0 Å². The summed E-state index contributed by atoms with van der Waals surface area (Å²) in [5, 5.41) is 3.06. The molecule has 0 radical (unpaired) electrons. The van der Waals surface area contributed by atoms with Crippen molar-refractivity contribution in [2.45, 2.75) is 25.8 Å². The number of hydrogen-bond acceptors (Lipinski definition) is 3. The second-order valence-corrected chi connectivity index (χ2v) is 5.89. The van der Waals surface area contributed by atoms with Gasteiger partial charge in [0, 0.05) is 30.5 Å². The normalized spacial score (nSPS) is 19.2. The van der Waals surface area contributed by atoms with Crippen LogP contribution in [0, 0.1) is 11.8 Å². The lowest BCUT2D eigenvalue weighted by molar-refractivity contribution is -0.126. The van der Waals surface area contributed by atoms with Crippen LogP contribution in [-0.2, 0) is 11.3 Å². The molecule has 1 aromatic heterocycles. The summed E-state index contributed by atoms with van der Waals surface area (Å²) in [4.78, 5) is 16.4. The van der Waals surface area contributed by atoms with Crippen molar-refractivity contribution < 1.29 is 4.79 Å². The Bertz CT molecular complexity index is 633. The van der Waals surface area contributed by atoms with E-state index < -0.39 is 0 Å². The van der Waals surface area contributed by atoms with Gasteiger partial charge in [0.2, 0.25) is 5.91 Å². The van der Waals surface area contributed by atoms with Gasteiger partial charge < -0.3 is 15.6 Å². The van der Waals surface area contributed by atoms with E-state index in [1.54, 1.807) is 12.5 Å². The van der Waals surface area contributed by atoms with Gasteiger partial charge in [-0.1, -0.05) is 18.6 Å². The first-order valence-corrected chi connectivity index (χ1v) is 7.83. The molecule has 1 saturated carbocycles. The van der Waals surface area contributed by atoms with E-state index in [1.807, 2.05) is 29.0 Å². The fourth-order valence-electron chi connectivity index (χ4n) is 3.22. The Labute approximate surface area is 154 Å². The van der Waals surface area contributed by atoms with Crippen LogP contribution in [0.15, 0.2) is 43.0 Å². The van der Waals surface area contributed by atoms with Gasteiger partial charge in [0.15, 0.2) is 0 Å². The van der Waals surface area contributed by atoms with E-state index in [-0.39, 0.29) is 36.6 Å². The van der Waals surface area contributed by atoms with Crippen LogP contribution >= 0.6 is 24.8 Å². The van der Waals surface area contributed by atoms with E-state index in [0.717, 1.165) is 30.5 Å². The molecule has 1 heterocycles. The minimum absolute atomic E-state index is 0. The average Bonchev–Trinajstić information content (AvgIpc) is 3.23. The molecule has 2 atom stereocenters. The quantitative estimate of drug-likeness (QED) is 0.849. The van der Waals surface area contributed by atoms with Gasteiger partial charge in [-0.2, -0.15) is 0 Å². The molecule has 0 spiro atoms. The van der Waals surface area contributed by atoms with Gasteiger partial charge in [0.25, 0.3) is 0 Å². The zero-order valence-electron chi connectivity index (χ0n) is 13.4. The molecule has 5 nitrogen and oxygen atoms in total. The number of aromatic nitrogens is 2. The van der Waals surface area contributed by atoms with E-state index in [2.05, 4.69) is 16.4 Å². The fourth-order valence-corrected chi connectivity index (χ4v) is 3.22. The number of halogens is 2. The summed E-state index contributed by atoms with van der Waals surface area (Å²) >= 11 is 0. The summed E-state index contributed by atoms with van der Waals surface area (Å²) in [6, 6.07) is 8.11. The van der Waals surface area contributed by atoms with E-state index in [9.17, 15) is 4.79 Å². The second-order valence-electron chi connectivity index (χ2n) is 5.89. The molecule has 0 bridgehead atoms. The number of imidazole rings is 1. The summed E-state index contributed by atoms with van der Waals surface area (Å²) in [5.41, 5.74) is 7.89. The molecule has 1 aliphatic rings. The number of carbonyl (C=O) groups excluding carboxylic acids is 1. The third-order valence-corrected chi connectivity index (χ3v) is 4.48. The summed E-state index contributed by atoms with van der Waals surface area (Å²) in [7, 11) is 0. The Morgan fingerprint density at radius 2 is 2.17 bits per heavy atom. The van der Waals surface area contributed by atoms with Crippen molar-refractivity contribution in [3.8, 4) is 5.69 Å². The van der Waals surface area contributed by atoms with Gasteiger partial charge in [-0.25, -0.2) is 4.98 Å². The number of nitrogens with zero attached hydrogens (tertiary/aromatic N) is 2. The highest BCUT2D eigenvalue weighted by Gasteiger charge is 2.31. The number of benzene rings is 1. The number of nitrogens with one attached hydrogen (secondary N) is 1. The number of nitrogens with two attached hydrogens (primary N) is 1. The predicted octanol–water partition coefficient (Wildman–Crippen LogP) is 2.71. The van der Waals surface area contributed by atoms with Gasteiger partial charge in [-0.05, 0) is 43.0 Å². The second kappa shape index (κ2) is 9.67. The molecule has 3 rings (SSSR count). The minimum atomic E-state index is 0. The van der Waals surface area contributed by atoms with Gasteiger partial charge >= 0.3 is 0 Å². The van der Waals surface area contributed by atoms with Crippen molar-refractivity contribution in [2.24, 2.45) is 17.6 Å². The molecule has 24 heavy (non-hydrogen) atoms. The number of hydrogen-bond donors (Lipinski definition) is 2. The minimum Gasteiger partial charge on any atom is -0.352 e. The zero-order valence-corrected chi connectivity index (χ0v) is 15.1. The van der Waals surface area contributed by atoms with Crippen LogP contribution in [0.2, 0.25) is 0 Å². The summed E-state index contributed by atoms with van der Waals surface area (Å²) in [5.74, 6) is 0.570. The molecule has 1 fully saturated rings. The summed E-state index contributed by atoms with van der Waals surface area (Å²) in [6.45, 7) is 1.16. The number of rotatable bonds is 5.